The Morgan fingerprint density at radius 1 is 0.844 bits per heavy atom. The van der Waals surface area contributed by atoms with Gasteiger partial charge >= 0.3 is 0 Å². The molecular weight excluding hydrogens is 413 g/mol. The number of benzene rings is 3. The number of nitrogens with one attached hydrogen (secondary N) is 1. The molecule has 0 bridgehead atoms. The molecule has 3 aromatic carbocycles. The van der Waals surface area contributed by atoms with Crippen LogP contribution in [0.1, 0.15) is 24.0 Å². The molecule has 0 spiro atoms. The van der Waals surface area contributed by atoms with E-state index >= 15 is 0 Å². The van der Waals surface area contributed by atoms with E-state index in [0.29, 0.717) is 5.56 Å². The minimum Gasteiger partial charge on any atom is -0.353 e. The van der Waals surface area contributed by atoms with Gasteiger partial charge in [-0.3, -0.25) is 9.69 Å². The van der Waals surface area contributed by atoms with Gasteiger partial charge in [-0.15, -0.1) is 0 Å². The zero-order chi connectivity index (χ0) is 22.5. The predicted octanol–water partition coefficient (Wildman–Crippen LogP) is 5.09. The normalized spacial score (nSPS) is 15.0. The highest BCUT2D eigenvalue weighted by Crippen LogP contribution is 2.24. The second kappa shape index (κ2) is 10.0. The average molecular weight is 438 g/mol. The molecule has 1 fully saturated rings. The van der Waals surface area contributed by atoms with Crippen LogP contribution in [0.3, 0.4) is 0 Å². The largest absolute Gasteiger partial charge is 0.353 e. The first-order valence-electron chi connectivity index (χ1n) is 10.8. The van der Waals surface area contributed by atoms with Crippen molar-refractivity contribution in [1.29, 1.82) is 0 Å². The van der Waals surface area contributed by atoms with E-state index in [1.807, 2.05) is 24.3 Å². The van der Waals surface area contributed by atoms with Crippen LogP contribution < -0.4 is 5.32 Å². The third-order valence-electron chi connectivity index (χ3n) is 5.82. The molecule has 1 aliphatic rings. The molecule has 166 valence electrons. The molecular formula is C26H25F3N2O. The smallest absolute Gasteiger partial charge is 0.224 e. The van der Waals surface area contributed by atoms with E-state index in [1.54, 1.807) is 18.2 Å². The SMILES string of the molecule is O=C(Cc1ccc(F)cc1)NC1CCN(Cc2cccc(-c3ccc(F)c(F)c3)c2)CC1. The van der Waals surface area contributed by atoms with Crippen molar-refractivity contribution in [2.75, 3.05) is 13.1 Å². The Bertz CT molecular complexity index is 1080. The topological polar surface area (TPSA) is 32.3 Å². The van der Waals surface area contributed by atoms with Crippen molar-refractivity contribution in [3.63, 3.8) is 0 Å². The van der Waals surface area contributed by atoms with Crippen molar-refractivity contribution >= 4 is 5.91 Å². The van der Waals surface area contributed by atoms with Crippen LogP contribution in [0, 0.1) is 17.5 Å². The number of halogens is 3. The summed E-state index contributed by atoms with van der Waals surface area (Å²) in [6.07, 6.45) is 1.97. The minimum absolute atomic E-state index is 0.0470. The summed E-state index contributed by atoms with van der Waals surface area (Å²) in [5.74, 6) is -2.06. The Kier molecular flexibility index (Phi) is 6.90. The molecule has 1 amide bonds. The van der Waals surface area contributed by atoms with Gasteiger partial charge in [-0.2, -0.15) is 0 Å². The van der Waals surface area contributed by atoms with Gasteiger partial charge in [-0.05, 0) is 65.4 Å². The fourth-order valence-electron chi connectivity index (χ4n) is 4.08. The second-order valence-corrected chi connectivity index (χ2v) is 8.25. The number of nitrogens with zero attached hydrogens (tertiary/aromatic N) is 1. The number of amides is 1. The number of rotatable bonds is 6. The summed E-state index contributed by atoms with van der Waals surface area (Å²) < 4.78 is 39.8. The van der Waals surface area contributed by atoms with Gasteiger partial charge in [0.15, 0.2) is 11.6 Å². The van der Waals surface area contributed by atoms with Gasteiger partial charge in [0.25, 0.3) is 0 Å². The van der Waals surface area contributed by atoms with Crippen LogP contribution in [0.2, 0.25) is 0 Å². The van der Waals surface area contributed by atoms with Crippen molar-refractivity contribution in [3.05, 3.63) is 95.3 Å². The lowest BCUT2D eigenvalue weighted by Crippen LogP contribution is -2.44. The first-order valence-corrected chi connectivity index (χ1v) is 10.8. The number of piperidine rings is 1. The van der Waals surface area contributed by atoms with Crippen molar-refractivity contribution in [3.8, 4) is 11.1 Å². The molecule has 0 atom stereocenters. The van der Waals surface area contributed by atoms with Crippen molar-refractivity contribution in [2.24, 2.45) is 0 Å². The van der Waals surface area contributed by atoms with Crippen LogP contribution in [0.15, 0.2) is 66.7 Å². The van der Waals surface area contributed by atoms with Crippen molar-refractivity contribution in [2.45, 2.75) is 31.8 Å². The molecule has 6 heteroatoms. The maximum absolute atomic E-state index is 13.6. The van der Waals surface area contributed by atoms with E-state index in [0.717, 1.165) is 55.2 Å². The van der Waals surface area contributed by atoms with E-state index in [2.05, 4.69) is 10.2 Å². The number of hydrogen-bond donors (Lipinski definition) is 1. The molecule has 4 rings (SSSR count). The Morgan fingerprint density at radius 2 is 1.56 bits per heavy atom. The number of likely N-dealkylation sites (tertiary alicyclic amines) is 1. The molecule has 1 aliphatic heterocycles. The summed E-state index contributed by atoms with van der Waals surface area (Å²) in [5.41, 5.74) is 3.39. The summed E-state index contributed by atoms with van der Waals surface area (Å²) in [6.45, 7) is 2.47. The molecule has 3 nitrogen and oxygen atoms in total. The van der Waals surface area contributed by atoms with Crippen LogP contribution in [-0.2, 0) is 17.8 Å². The molecule has 0 aliphatic carbocycles. The first-order chi connectivity index (χ1) is 15.5. The third kappa shape index (κ3) is 5.77. The van der Waals surface area contributed by atoms with E-state index in [-0.39, 0.29) is 24.2 Å². The van der Waals surface area contributed by atoms with Crippen LogP contribution >= 0.6 is 0 Å². The lowest BCUT2D eigenvalue weighted by molar-refractivity contribution is -0.121. The van der Waals surface area contributed by atoms with Crippen molar-refractivity contribution < 1.29 is 18.0 Å². The zero-order valence-electron chi connectivity index (χ0n) is 17.7. The number of carbonyl (C=O) groups is 1. The Labute approximate surface area is 185 Å². The summed E-state index contributed by atoms with van der Waals surface area (Å²) in [6, 6.07) is 17.9. The second-order valence-electron chi connectivity index (χ2n) is 8.25. The quantitative estimate of drug-likeness (QED) is 0.581. The molecule has 0 radical (unpaired) electrons. The molecule has 1 saturated heterocycles. The monoisotopic (exact) mass is 438 g/mol. The van der Waals surface area contributed by atoms with Crippen LogP contribution in [-0.4, -0.2) is 29.9 Å². The maximum Gasteiger partial charge on any atom is 0.224 e. The Balaban J connectivity index is 1.28. The van der Waals surface area contributed by atoms with Gasteiger partial charge in [0.1, 0.15) is 5.82 Å². The van der Waals surface area contributed by atoms with Gasteiger partial charge in [0.05, 0.1) is 6.42 Å². The first kappa shape index (κ1) is 22.1. The van der Waals surface area contributed by atoms with E-state index in [1.165, 1.54) is 18.2 Å². The molecule has 32 heavy (non-hydrogen) atoms. The summed E-state index contributed by atoms with van der Waals surface area (Å²) in [7, 11) is 0. The average Bonchev–Trinajstić information content (AvgIpc) is 2.79. The van der Waals surface area contributed by atoms with Crippen LogP contribution in [0.25, 0.3) is 11.1 Å². The Hall–Kier alpha value is -3.12. The van der Waals surface area contributed by atoms with Gasteiger partial charge in [-0.1, -0.05) is 36.4 Å². The molecule has 1 heterocycles. The maximum atomic E-state index is 13.6. The molecule has 1 N–H and O–H groups in total. The lowest BCUT2D eigenvalue weighted by Gasteiger charge is -2.32. The zero-order valence-corrected chi connectivity index (χ0v) is 17.7. The summed E-state index contributed by atoms with van der Waals surface area (Å²) in [5, 5.41) is 3.08. The highest BCUT2D eigenvalue weighted by atomic mass is 19.2. The highest BCUT2D eigenvalue weighted by Gasteiger charge is 2.21. The van der Waals surface area contributed by atoms with E-state index in [9.17, 15) is 18.0 Å². The van der Waals surface area contributed by atoms with Gasteiger partial charge < -0.3 is 5.32 Å². The van der Waals surface area contributed by atoms with E-state index < -0.39 is 11.6 Å². The summed E-state index contributed by atoms with van der Waals surface area (Å²) >= 11 is 0. The fraction of sp³-hybridized carbons (Fsp3) is 0.269. The lowest BCUT2D eigenvalue weighted by atomic mass is 10.0. The minimum atomic E-state index is -0.851. The summed E-state index contributed by atoms with van der Waals surface area (Å²) in [4.78, 5) is 14.6. The van der Waals surface area contributed by atoms with Crippen molar-refractivity contribution in [1.82, 2.24) is 10.2 Å². The third-order valence-corrected chi connectivity index (χ3v) is 5.82. The number of hydrogen-bond acceptors (Lipinski definition) is 2. The van der Waals surface area contributed by atoms with Crippen LogP contribution in [0.5, 0.6) is 0 Å². The number of carbonyl (C=O) groups excluding carboxylic acids is 1. The van der Waals surface area contributed by atoms with E-state index in [4.69, 9.17) is 0 Å². The van der Waals surface area contributed by atoms with Crippen LogP contribution in [0.4, 0.5) is 13.2 Å². The molecule has 3 aromatic rings. The van der Waals surface area contributed by atoms with Gasteiger partial charge in [0, 0.05) is 25.7 Å². The predicted molar refractivity (Wildman–Crippen MR) is 118 cm³/mol. The standard InChI is InChI=1S/C26H25F3N2O/c27-22-7-4-18(5-8-22)15-26(32)30-23-10-12-31(13-11-23)17-19-2-1-3-20(14-19)21-6-9-24(28)25(29)16-21/h1-9,14,16,23H,10-13,15,17H2,(H,30,32). The fourth-order valence-corrected chi connectivity index (χ4v) is 4.08. The van der Waals surface area contributed by atoms with Gasteiger partial charge in [0.2, 0.25) is 5.91 Å². The Morgan fingerprint density at radius 3 is 2.28 bits per heavy atom. The molecule has 0 saturated carbocycles. The molecule has 0 unspecified atom stereocenters. The molecule has 0 aromatic heterocycles. The van der Waals surface area contributed by atoms with Gasteiger partial charge in [-0.25, -0.2) is 13.2 Å². The highest BCUT2D eigenvalue weighted by molar-refractivity contribution is 5.78.